The summed E-state index contributed by atoms with van der Waals surface area (Å²) < 4.78 is 1.64. The second-order valence-electron chi connectivity index (χ2n) is 6.26. The zero-order valence-electron chi connectivity index (χ0n) is 14.5. The van der Waals surface area contributed by atoms with Crippen molar-refractivity contribution in [1.82, 2.24) is 9.55 Å². The predicted octanol–water partition coefficient (Wildman–Crippen LogP) is 4.19. The van der Waals surface area contributed by atoms with Gasteiger partial charge < -0.3 is 0 Å². The molecule has 0 aliphatic heterocycles. The van der Waals surface area contributed by atoms with E-state index >= 15 is 0 Å². The maximum atomic E-state index is 13.2. The number of Topliss-reactive ketones (excluding diaryl/α,β-unsaturated/α-hetero) is 1. The molecular formula is C20H20N2O2S. The molecule has 5 heteroatoms. The van der Waals surface area contributed by atoms with E-state index in [2.05, 4.69) is 18.8 Å². The van der Waals surface area contributed by atoms with Crippen molar-refractivity contribution < 1.29 is 4.79 Å². The lowest BCUT2D eigenvalue weighted by Gasteiger charge is -2.18. The Hall–Kier alpha value is -2.40. The van der Waals surface area contributed by atoms with Gasteiger partial charge in [-0.15, -0.1) is 0 Å². The van der Waals surface area contributed by atoms with E-state index in [9.17, 15) is 9.59 Å². The fourth-order valence-corrected chi connectivity index (χ4v) is 3.57. The largest absolute Gasteiger partial charge is 0.299 e. The zero-order valence-corrected chi connectivity index (χ0v) is 15.3. The minimum Gasteiger partial charge on any atom is -0.299 e. The van der Waals surface area contributed by atoms with Crippen molar-refractivity contribution in [2.24, 2.45) is 0 Å². The molecule has 2 aromatic carbocycles. The lowest BCUT2D eigenvalue weighted by atomic mass is 10.0. The number of para-hydroxylation sites is 2. The first kappa shape index (κ1) is 17.4. The molecule has 1 heterocycles. The molecule has 0 radical (unpaired) electrons. The van der Waals surface area contributed by atoms with Crippen LogP contribution in [0.1, 0.15) is 32.3 Å². The van der Waals surface area contributed by atoms with Crippen LogP contribution in [-0.2, 0) is 4.79 Å². The first-order valence-corrected chi connectivity index (χ1v) is 9.21. The van der Waals surface area contributed by atoms with Crippen LogP contribution in [0.3, 0.4) is 0 Å². The normalized spacial score (nSPS) is 11.2. The number of ketones is 1. The average Bonchev–Trinajstić information content (AvgIpc) is 2.60. The molecule has 3 aromatic rings. The lowest BCUT2D eigenvalue weighted by molar-refractivity contribution is -0.114. The molecular weight excluding hydrogens is 332 g/mol. The van der Waals surface area contributed by atoms with Crippen molar-refractivity contribution in [3.63, 3.8) is 0 Å². The number of aromatic nitrogens is 2. The van der Waals surface area contributed by atoms with Crippen molar-refractivity contribution in [2.75, 3.05) is 5.75 Å². The molecule has 0 aliphatic carbocycles. The van der Waals surface area contributed by atoms with Gasteiger partial charge in [-0.3, -0.25) is 14.2 Å². The summed E-state index contributed by atoms with van der Waals surface area (Å²) in [6.45, 7) is 5.74. The fourth-order valence-electron chi connectivity index (χ4n) is 2.77. The monoisotopic (exact) mass is 352 g/mol. The second kappa shape index (κ2) is 7.23. The quantitative estimate of drug-likeness (QED) is 0.510. The maximum absolute atomic E-state index is 13.2. The number of carbonyl (C=O) groups excluding carboxylic acids is 1. The van der Waals surface area contributed by atoms with Gasteiger partial charge in [-0.05, 0) is 36.6 Å². The Balaban J connectivity index is 2.32. The van der Waals surface area contributed by atoms with E-state index in [1.165, 1.54) is 11.8 Å². The van der Waals surface area contributed by atoms with Crippen LogP contribution in [-0.4, -0.2) is 21.1 Å². The van der Waals surface area contributed by atoms with Crippen molar-refractivity contribution in [1.29, 1.82) is 0 Å². The minimum absolute atomic E-state index is 0.0519. The van der Waals surface area contributed by atoms with Crippen LogP contribution < -0.4 is 5.56 Å². The van der Waals surface area contributed by atoms with Crippen molar-refractivity contribution in [3.05, 3.63) is 64.4 Å². The molecule has 0 spiro atoms. The first-order chi connectivity index (χ1) is 12.0. The molecule has 4 nitrogen and oxygen atoms in total. The highest BCUT2D eigenvalue weighted by molar-refractivity contribution is 7.99. The summed E-state index contributed by atoms with van der Waals surface area (Å²) in [5, 5.41) is 1.13. The Bertz CT molecular complexity index is 992. The van der Waals surface area contributed by atoms with E-state index in [0.717, 1.165) is 11.3 Å². The highest BCUT2D eigenvalue weighted by Gasteiger charge is 2.17. The van der Waals surface area contributed by atoms with E-state index in [0.29, 0.717) is 16.1 Å². The Morgan fingerprint density at radius 1 is 1.12 bits per heavy atom. The summed E-state index contributed by atoms with van der Waals surface area (Å²) in [5.74, 6) is 0.602. The lowest BCUT2D eigenvalue weighted by Crippen LogP contribution is -2.23. The second-order valence-corrected chi connectivity index (χ2v) is 7.20. The van der Waals surface area contributed by atoms with Gasteiger partial charge in [0.25, 0.3) is 5.56 Å². The number of rotatable bonds is 5. The van der Waals surface area contributed by atoms with Crippen LogP contribution in [0.2, 0.25) is 0 Å². The number of carbonyl (C=O) groups is 1. The van der Waals surface area contributed by atoms with Crippen LogP contribution >= 0.6 is 11.8 Å². The number of hydrogen-bond donors (Lipinski definition) is 0. The molecule has 25 heavy (non-hydrogen) atoms. The van der Waals surface area contributed by atoms with E-state index in [-0.39, 0.29) is 23.0 Å². The molecule has 0 N–H and O–H groups in total. The number of thioether (sulfide) groups is 1. The number of benzene rings is 2. The van der Waals surface area contributed by atoms with Gasteiger partial charge >= 0.3 is 0 Å². The van der Waals surface area contributed by atoms with Crippen LogP contribution in [0.4, 0.5) is 0 Å². The van der Waals surface area contributed by atoms with Crippen molar-refractivity contribution >= 4 is 28.4 Å². The van der Waals surface area contributed by atoms with Gasteiger partial charge in [-0.25, -0.2) is 4.98 Å². The Morgan fingerprint density at radius 2 is 1.80 bits per heavy atom. The van der Waals surface area contributed by atoms with Gasteiger partial charge in [0.1, 0.15) is 5.78 Å². The van der Waals surface area contributed by atoms with Crippen LogP contribution in [0, 0.1) is 0 Å². The Morgan fingerprint density at radius 3 is 2.52 bits per heavy atom. The summed E-state index contributed by atoms with van der Waals surface area (Å²) in [6.07, 6.45) is 0. The molecule has 0 bridgehead atoms. The van der Waals surface area contributed by atoms with E-state index in [1.807, 2.05) is 42.5 Å². The van der Waals surface area contributed by atoms with Gasteiger partial charge in [-0.2, -0.15) is 0 Å². The highest BCUT2D eigenvalue weighted by atomic mass is 32.2. The summed E-state index contributed by atoms with van der Waals surface area (Å²) >= 11 is 1.30. The molecule has 0 aliphatic rings. The molecule has 3 rings (SSSR count). The number of hydrogen-bond acceptors (Lipinski definition) is 4. The molecule has 0 saturated heterocycles. The third-order valence-electron chi connectivity index (χ3n) is 3.95. The van der Waals surface area contributed by atoms with Crippen molar-refractivity contribution in [3.8, 4) is 5.69 Å². The van der Waals surface area contributed by atoms with Crippen molar-refractivity contribution in [2.45, 2.75) is 31.8 Å². The van der Waals surface area contributed by atoms with Crippen LogP contribution in [0.15, 0.2) is 58.5 Å². The molecule has 0 saturated carbocycles. The predicted molar refractivity (Wildman–Crippen MR) is 103 cm³/mol. The smallest absolute Gasteiger partial charge is 0.266 e. The molecule has 0 amide bonds. The molecule has 0 atom stereocenters. The topological polar surface area (TPSA) is 52.0 Å². The third-order valence-corrected chi connectivity index (χ3v) is 5.03. The Kier molecular flexibility index (Phi) is 5.04. The zero-order chi connectivity index (χ0) is 18.0. The highest BCUT2D eigenvalue weighted by Crippen LogP contribution is 2.27. The van der Waals surface area contributed by atoms with Gasteiger partial charge in [-0.1, -0.05) is 55.9 Å². The first-order valence-electron chi connectivity index (χ1n) is 8.22. The van der Waals surface area contributed by atoms with Crippen LogP contribution in [0.5, 0.6) is 0 Å². The molecule has 1 aromatic heterocycles. The average molecular weight is 352 g/mol. The number of fused-ring (bicyclic) bond motifs is 1. The van der Waals surface area contributed by atoms with Gasteiger partial charge in [0.2, 0.25) is 0 Å². The fraction of sp³-hybridized carbons (Fsp3) is 0.250. The molecule has 0 unspecified atom stereocenters. The molecule has 0 fully saturated rings. The third kappa shape index (κ3) is 3.51. The number of nitrogens with zero attached hydrogens (tertiary/aromatic N) is 2. The summed E-state index contributed by atoms with van der Waals surface area (Å²) in [4.78, 5) is 29.3. The summed E-state index contributed by atoms with van der Waals surface area (Å²) in [6, 6.07) is 15.2. The maximum Gasteiger partial charge on any atom is 0.266 e. The Labute approximate surface area is 150 Å². The van der Waals surface area contributed by atoms with Gasteiger partial charge in [0.15, 0.2) is 5.16 Å². The standard InChI is InChI=1S/C20H20N2O2S/c1-13(2)15-8-5-7-11-18(15)22-19(24)16-9-4-6-10-17(16)21-20(22)25-12-14(3)23/h4-11,13H,12H2,1-3H3. The molecule has 128 valence electrons. The van der Waals surface area contributed by atoms with E-state index < -0.39 is 0 Å². The van der Waals surface area contributed by atoms with Crippen LogP contribution in [0.25, 0.3) is 16.6 Å². The SMILES string of the molecule is CC(=O)CSc1nc2ccccc2c(=O)n1-c1ccccc1C(C)C. The van der Waals surface area contributed by atoms with E-state index in [1.54, 1.807) is 17.6 Å². The van der Waals surface area contributed by atoms with E-state index in [4.69, 9.17) is 0 Å². The van der Waals surface area contributed by atoms with Gasteiger partial charge in [0.05, 0.1) is 22.3 Å². The van der Waals surface area contributed by atoms with Gasteiger partial charge in [0, 0.05) is 0 Å². The summed E-state index contributed by atoms with van der Waals surface area (Å²) in [7, 11) is 0. The summed E-state index contributed by atoms with van der Waals surface area (Å²) in [5.41, 5.74) is 2.44. The minimum atomic E-state index is -0.107.